The van der Waals surface area contributed by atoms with Crippen LogP contribution in [0.25, 0.3) is 21.3 Å². The number of nitrogens with zero attached hydrogens (tertiary/aromatic N) is 2. The quantitative estimate of drug-likeness (QED) is 0.496. The van der Waals surface area contributed by atoms with Gasteiger partial charge in [-0.25, -0.2) is 9.97 Å². The van der Waals surface area contributed by atoms with Crippen LogP contribution >= 0.6 is 11.3 Å². The van der Waals surface area contributed by atoms with Gasteiger partial charge in [-0.05, 0) is 35.7 Å². The standard InChI is InChI=1S/C22H20N4OS/c1-13(2)19-17(18-20(23)24-12-25-22(18)28-19)14-8-10-16(11-9-14)26-21(27)15-6-4-3-5-7-15/h3-13H,1-2H3,(H,26,27)(H2,23,24,25). The number of fused-ring (bicyclic) bond motifs is 1. The Labute approximate surface area is 167 Å². The summed E-state index contributed by atoms with van der Waals surface area (Å²) in [7, 11) is 0. The zero-order chi connectivity index (χ0) is 19.7. The van der Waals surface area contributed by atoms with Crippen LogP contribution < -0.4 is 11.1 Å². The number of carbonyl (C=O) groups is 1. The first-order valence-corrected chi connectivity index (χ1v) is 9.86. The summed E-state index contributed by atoms with van der Waals surface area (Å²) in [4.78, 5) is 23.0. The van der Waals surface area contributed by atoms with Gasteiger partial charge in [-0.3, -0.25) is 4.79 Å². The molecule has 140 valence electrons. The molecule has 4 aromatic rings. The van der Waals surface area contributed by atoms with Gasteiger partial charge >= 0.3 is 0 Å². The Morgan fingerprint density at radius 2 is 1.75 bits per heavy atom. The highest BCUT2D eigenvalue weighted by molar-refractivity contribution is 7.19. The van der Waals surface area contributed by atoms with Gasteiger partial charge in [-0.1, -0.05) is 44.2 Å². The minimum Gasteiger partial charge on any atom is -0.383 e. The molecule has 0 fully saturated rings. The number of nitrogen functional groups attached to an aromatic ring is 1. The van der Waals surface area contributed by atoms with Crippen LogP contribution in [-0.2, 0) is 0 Å². The Hall–Kier alpha value is -3.25. The van der Waals surface area contributed by atoms with Crippen molar-refractivity contribution in [3.05, 3.63) is 71.4 Å². The lowest BCUT2D eigenvalue weighted by atomic mass is 9.98. The third-order valence-electron chi connectivity index (χ3n) is 4.54. The molecule has 5 nitrogen and oxygen atoms in total. The van der Waals surface area contributed by atoms with E-state index in [4.69, 9.17) is 5.73 Å². The molecule has 3 N–H and O–H groups in total. The second kappa shape index (κ2) is 7.40. The first-order valence-electron chi connectivity index (χ1n) is 9.04. The van der Waals surface area contributed by atoms with E-state index >= 15 is 0 Å². The van der Waals surface area contributed by atoms with E-state index in [0.717, 1.165) is 27.0 Å². The van der Waals surface area contributed by atoms with Crippen LogP contribution in [0.5, 0.6) is 0 Å². The average Bonchev–Trinajstić information content (AvgIpc) is 3.11. The number of aromatic nitrogens is 2. The molecule has 2 aromatic heterocycles. The molecule has 0 aliphatic rings. The van der Waals surface area contributed by atoms with E-state index in [1.807, 2.05) is 42.5 Å². The van der Waals surface area contributed by atoms with E-state index in [2.05, 4.69) is 29.1 Å². The molecule has 4 rings (SSSR count). The van der Waals surface area contributed by atoms with Crippen LogP contribution in [0.1, 0.15) is 35.0 Å². The SMILES string of the molecule is CC(C)c1sc2ncnc(N)c2c1-c1ccc(NC(=O)c2ccccc2)cc1. The molecule has 0 spiro atoms. The molecule has 0 unspecified atom stereocenters. The molecule has 0 radical (unpaired) electrons. The second-order valence-corrected chi connectivity index (χ2v) is 7.86. The molecule has 0 bridgehead atoms. The topological polar surface area (TPSA) is 80.9 Å². The number of hydrogen-bond donors (Lipinski definition) is 2. The second-order valence-electron chi connectivity index (χ2n) is 6.83. The van der Waals surface area contributed by atoms with Gasteiger partial charge in [0.05, 0.1) is 5.39 Å². The van der Waals surface area contributed by atoms with Gasteiger partial charge in [0.2, 0.25) is 0 Å². The number of amides is 1. The fraction of sp³-hybridized carbons (Fsp3) is 0.136. The first-order chi connectivity index (χ1) is 13.5. The van der Waals surface area contributed by atoms with E-state index in [9.17, 15) is 4.79 Å². The van der Waals surface area contributed by atoms with E-state index in [1.54, 1.807) is 23.5 Å². The molecule has 28 heavy (non-hydrogen) atoms. The van der Waals surface area contributed by atoms with Crippen LogP contribution in [0, 0.1) is 0 Å². The van der Waals surface area contributed by atoms with E-state index in [0.29, 0.717) is 17.3 Å². The molecule has 1 amide bonds. The highest BCUT2D eigenvalue weighted by Crippen LogP contribution is 2.43. The van der Waals surface area contributed by atoms with Crippen molar-refractivity contribution in [2.45, 2.75) is 19.8 Å². The minimum absolute atomic E-state index is 0.130. The smallest absolute Gasteiger partial charge is 0.255 e. The largest absolute Gasteiger partial charge is 0.383 e. The summed E-state index contributed by atoms with van der Waals surface area (Å²) in [5, 5.41) is 3.83. The molecule has 0 aliphatic heterocycles. The van der Waals surface area contributed by atoms with Crippen LogP contribution in [0.15, 0.2) is 60.9 Å². The van der Waals surface area contributed by atoms with Crippen LogP contribution in [0.3, 0.4) is 0 Å². The molecule has 0 aliphatic carbocycles. The number of nitrogens with two attached hydrogens (primary N) is 1. The number of thiophene rings is 1. The van der Waals surface area contributed by atoms with Crippen molar-refractivity contribution in [2.24, 2.45) is 0 Å². The Morgan fingerprint density at radius 3 is 2.43 bits per heavy atom. The van der Waals surface area contributed by atoms with Gasteiger partial charge in [-0.2, -0.15) is 0 Å². The minimum atomic E-state index is -0.130. The molecule has 0 saturated heterocycles. The van der Waals surface area contributed by atoms with Gasteiger partial charge in [0.25, 0.3) is 5.91 Å². The maximum absolute atomic E-state index is 12.3. The summed E-state index contributed by atoms with van der Waals surface area (Å²) in [5.41, 5.74) is 9.65. The molecular formula is C22H20N4OS. The molecule has 2 heterocycles. The summed E-state index contributed by atoms with van der Waals surface area (Å²) in [6, 6.07) is 17.0. The van der Waals surface area contributed by atoms with Crippen molar-refractivity contribution in [1.29, 1.82) is 0 Å². The maximum Gasteiger partial charge on any atom is 0.255 e. The fourth-order valence-corrected chi connectivity index (χ4v) is 4.35. The van der Waals surface area contributed by atoms with Crippen LogP contribution in [-0.4, -0.2) is 15.9 Å². The predicted octanol–water partition coefficient (Wildman–Crippen LogP) is 5.32. The van der Waals surface area contributed by atoms with Crippen LogP contribution in [0.4, 0.5) is 11.5 Å². The van der Waals surface area contributed by atoms with Gasteiger partial charge in [0.15, 0.2) is 0 Å². The first kappa shape index (κ1) is 18.1. The fourth-order valence-electron chi connectivity index (χ4n) is 3.18. The summed E-state index contributed by atoms with van der Waals surface area (Å²) in [5.74, 6) is 0.700. The molecule has 2 aromatic carbocycles. The zero-order valence-corrected chi connectivity index (χ0v) is 16.5. The summed E-state index contributed by atoms with van der Waals surface area (Å²) >= 11 is 1.65. The average molecular weight is 388 g/mol. The Kier molecular flexibility index (Phi) is 4.79. The molecule has 6 heteroatoms. The zero-order valence-electron chi connectivity index (χ0n) is 15.6. The van der Waals surface area contributed by atoms with Crippen molar-refractivity contribution in [3.8, 4) is 11.1 Å². The van der Waals surface area contributed by atoms with Crippen molar-refractivity contribution < 1.29 is 4.79 Å². The van der Waals surface area contributed by atoms with Crippen molar-refractivity contribution in [1.82, 2.24) is 9.97 Å². The Balaban J connectivity index is 1.70. The normalized spacial score (nSPS) is 11.1. The van der Waals surface area contributed by atoms with E-state index < -0.39 is 0 Å². The van der Waals surface area contributed by atoms with Gasteiger partial charge in [-0.15, -0.1) is 11.3 Å². The lowest BCUT2D eigenvalue weighted by Crippen LogP contribution is -2.11. The van der Waals surface area contributed by atoms with Crippen LogP contribution in [0.2, 0.25) is 0 Å². The molecule has 0 saturated carbocycles. The predicted molar refractivity (Wildman–Crippen MR) is 116 cm³/mol. The lowest BCUT2D eigenvalue weighted by molar-refractivity contribution is 0.102. The maximum atomic E-state index is 12.3. The number of hydrogen-bond acceptors (Lipinski definition) is 5. The number of carbonyl (C=O) groups excluding carboxylic acids is 1. The monoisotopic (exact) mass is 388 g/mol. The highest BCUT2D eigenvalue weighted by Gasteiger charge is 2.19. The third kappa shape index (κ3) is 3.34. The van der Waals surface area contributed by atoms with Crippen molar-refractivity contribution in [3.63, 3.8) is 0 Å². The summed E-state index contributed by atoms with van der Waals surface area (Å²) in [6.07, 6.45) is 1.50. The summed E-state index contributed by atoms with van der Waals surface area (Å²) in [6.45, 7) is 4.32. The van der Waals surface area contributed by atoms with Crippen molar-refractivity contribution in [2.75, 3.05) is 11.1 Å². The van der Waals surface area contributed by atoms with Gasteiger partial charge in [0, 0.05) is 21.7 Å². The third-order valence-corrected chi connectivity index (χ3v) is 5.93. The van der Waals surface area contributed by atoms with E-state index in [1.165, 1.54) is 11.2 Å². The number of benzene rings is 2. The number of rotatable bonds is 4. The lowest BCUT2D eigenvalue weighted by Gasteiger charge is -2.10. The highest BCUT2D eigenvalue weighted by atomic mass is 32.1. The van der Waals surface area contributed by atoms with Gasteiger partial charge in [0.1, 0.15) is 17.0 Å². The molecule has 0 atom stereocenters. The number of nitrogens with one attached hydrogen (secondary N) is 1. The molecular weight excluding hydrogens is 368 g/mol. The Bertz CT molecular complexity index is 1130. The van der Waals surface area contributed by atoms with Gasteiger partial charge < -0.3 is 11.1 Å². The Morgan fingerprint density at radius 1 is 1.04 bits per heavy atom. The van der Waals surface area contributed by atoms with Crippen molar-refractivity contribution >= 4 is 39.0 Å². The number of anilines is 2. The van der Waals surface area contributed by atoms with E-state index in [-0.39, 0.29) is 5.91 Å². The summed E-state index contributed by atoms with van der Waals surface area (Å²) < 4.78 is 0.